The van der Waals surface area contributed by atoms with Crippen molar-refractivity contribution in [3.63, 3.8) is 0 Å². The Morgan fingerprint density at radius 1 is 1.04 bits per heavy atom. The first-order valence-electron chi connectivity index (χ1n) is 10.2. The van der Waals surface area contributed by atoms with Crippen LogP contribution in [-0.4, -0.2) is 22.3 Å². The van der Waals surface area contributed by atoms with Crippen LogP contribution in [0.2, 0.25) is 0 Å². The summed E-state index contributed by atoms with van der Waals surface area (Å²) in [7, 11) is 0. The third-order valence-electron chi connectivity index (χ3n) is 5.94. The molecule has 3 nitrogen and oxygen atoms in total. The number of benzene rings is 1. The molecule has 1 aromatic carbocycles. The number of fused-ring (bicyclic) bond motifs is 1. The molecule has 0 bridgehead atoms. The van der Waals surface area contributed by atoms with Gasteiger partial charge >= 0.3 is 0 Å². The lowest BCUT2D eigenvalue weighted by molar-refractivity contribution is -0.137. The van der Waals surface area contributed by atoms with Crippen molar-refractivity contribution in [1.29, 1.82) is 0 Å². The summed E-state index contributed by atoms with van der Waals surface area (Å²) in [6.45, 7) is 1.47. The monoisotopic (exact) mass is 360 g/mol. The molecular formula is C24H28N2O. The van der Waals surface area contributed by atoms with E-state index in [-0.39, 0.29) is 5.92 Å². The standard InChI is InChI=1S/C24H28N2O/c27-24(22-14-13-20-10-4-5-11-21(20)16-22)26(17-19-8-2-1-3-9-19)18-23-12-6-7-15-25-23/h1-2,4-7,10-12,15,19,22H,3,8-9,13-14,16-18H2/t19-,22-/m1/s1. The van der Waals surface area contributed by atoms with E-state index in [2.05, 4.69) is 46.3 Å². The minimum Gasteiger partial charge on any atom is -0.336 e. The van der Waals surface area contributed by atoms with Gasteiger partial charge in [0, 0.05) is 18.7 Å². The number of pyridine rings is 1. The van der Waals surface area contributed by atoms with Crippen LogP contribution < -0.4 is 0 Å². The summed E-state index contributed by atoms with van der Waals surface area (Å²) >= 11 is 0. The molecule has 140 valence electrons. The van der Waals surface area contributed by atoms with Crippen molar-refractivity contribution < 1.29 is 4.79 Å². The van der Waals surface area contributed by atoms with Gasteiger partial charge in [-0.3, -0.25) is 9.78 Å². The van der Waals surface area contributed by atoms with E-state index >= 15 is 0 Å². The summed E-state index contributed by atoms with van der Waals surface area (Å²) in [6, 6.07) is 14.5. The average molecular weight is 361 g/mol. The van der Waals surface area contributed by atoms with E-state index in [1.54, 1.807) is 0 Å². The summed E-state index contributed by atoms with van der Waals surface area (Å²) in [6.07, 6.45) is 12.6. The van der Waals surface area contributed by atoms with Crippen LogP contribution >= 0.6 is 0 Å². The molecule has 27 heavy (non-hydrogen) atoms. The van der Waals surface area contributed by atoms with Crippen molar-refractivity contribution in [2.24, 2.45) is 11.8 Å². The largest absolute Gasteiger partial charge is 0.336 e. The van der Waals surface area contributed by atoms with Gasteiger partial charge in [-0.15, -0.1) is 0 Å². The van der Waals surface area contributed by atoms with Crippen molar-refractivity contribution in [2.45, 2.75) is 45.1 Å². The fraction of sp³-hybridized carbons (Fsp3) is 0.417. The fourth-order valence-corrected chi connectivity index (χ4v) is 4.42. The van der Waals surface area contributed by atoms with Gasteiger partial charge in [0.2, 0.25) is 5.91 Å². The molecule has 1 amide bonds. The molecule has 2 aliphatic carbocycles. The second-order valence-corrected chi connectivity index (χ2v) is 7.90. The van der Waals surface area contributed by atoms with Gasteiger partial charge in [0.1, 0.15) is 0 Å². The number of aryl methyl sites for hydroxylation is 1. The third kappa shape index (κ3) is 4.47. The molecule has 0 unspecified atom stereocenters. The number of rotatable bonds is 5. The zero-order valence-corrected chi connectivity index (χ0v) is 15.9. The second kappa shape index (κ2) is 8.51. The Morgan fingerprint density at radius 2 is 1.89 bits per heavy atom. The van der Waals surface area contributed by atoms with E-state index in [4.69, 9.17) is 0 Å². The van der Waals surface area contributed by atoms with Gasteiger partial charge in [0.25, 0.3) is 0 Å². The van der Waals surface area contributed by atoms with E-state index < -0.39 is 0 Å². The SMILES string of the molecule is O=C([C@@H]1CCc2ccccc2C1)N(Cc1ccccn1)C[C@@H]1CC=CCC1. The smallest absolute Gasteiger partial charge is 0.226 e. The van der Waals surface area contributed by atoms with Crippen LogP contribution in [0.4, 0.5) is 0 Å². The number of nitrogens with zero attached hydrogens (tertiary/aromatic N) is 2. The molecule has 2 aliphatic rings. The van der Waals surface area contributed by atoms with E-state index in [1.165, 1.54) is 17.5 Å². The van der Waals surface area contributed by atoms with Crippen LogP contribution in [0.3, 0.4) is 0 Å². The van der Waals surface area contributed by atoms with Gasteiger partial charge in [0.05, 0.1) is 12.2 Å². The van der Waals surface area contributed by atoms with Crippen LogP contribution in [0.25, 0.3) is 0 Å². The van der Waals surface area contributed by atoms with Gasteiger partial charge in [-0.05, 0) is 67.7 Å². The Kier molecular flexibility index (Phi) is 5.66. The molecule has 0 aliphatic heterocycles. The lowest BCUT2D eigenvalue weighted by Gasteiger charge is -2.33. The number of carbonyl (C=O) groups excluding carboxylic acids is 1. The van der Waals surface area contributed by atoms with Crippen LogP contribution in [0.5, 0.6) is 0 Å². The third-order valence-corrected chi connectivity index (χ3v) is 5.94. The molecule has 2 aromatic rings. The maximum Gasteiger partial charge on any atom is 0.226 e. The van der Waals surface area contributed by atoms with E-state index in [1.807, 2.05) is 24.4 Å². The number of amides is 1. The van der Waals surface area contributed by atoms with Crippen molar-refractivity contribution in [2.75, 3.05) is 6.54 Å². The molecule has 1 heterocycles. The number of carbonyl (C=O) groups is 1. The Morgan fingerprint density at radius 3 is 2.67 bits per heavy atom. The maximum atomic E-state index is 13.5. The van der Waals surface area contributed by atoms with Gasteiger partial charge < -0.3 is 4.90 Å². The van der Waals surface area contributed by atoms with Crippen molar-refractivity contribution in [3.05, 3.63) is 77.6 Å². The highest BCUT2D eigenvalue weighted by molar-refractivity contribution is 5.79. The van der Waals surface area contributed by atoms with Crippen LogP contribution in [0.15, 0.2) is 60.8 Å². The van der Waals surface area contributed by atoms with Crippen molar-refractivity contribution in [3.8, 4) is 0 Å². The summed E-state index contributed by atoms with van der Waals surface area (Å²) in [4.78, 5) is 20.0. The summed E-state index contributed by atoms with van der Waals surface area (Å²) in [5, 5.41) is 0. The van der Waals surface area contributed by atoms with E-state index in [0.717, 1.165) is 44.3 Å². The minimum absolute atomic E-state index is 0.0998. The molecule has 4 rings (SSSR count). The van der Waals surface area contributed by atoms with Crippen molar-refractivity contribution in [1.82, 2.24) is 9.88 Å². The first kappa shape index (κ1) is 18.0. The summed E-state index contributed by atoms with van der Waals surface area (Å²) < 4.78 is 0. The molecule has 3 heteroatoms. The first-order valence-corrected chi connectivity index (χ1v) is 10.2. The number of hydrogen-bond acceptors (Lipinski definition) is 2. The predicted molar refractivity (Wildman–Crippen MR) is 108 cm³/mol. The zero-order valence-electron chi connectivity index (χ0n) is 15.9. The molecule has 0 spiro atoms. The number of aromatic nitrogens is 1. The zero-order chi connectivity index (χ0) is 18.5. The lowest BCUT2D eigenvalue weighted by atomic mass is 9.83. The van der Waals surface area contributed by atoms with Gasteiger partial charge in [-0.2, -0.15) is 0 Å². The fourth-order valence-electron chi connectivity index (χ4n) is 4.42. The van der Waals surface area contributed by atoms with Gasteiger partial charge in [-0.1, -0.05) is 42.5 Å². The highest BCUT2D eigenvalue weighted by atomic mass is 16.2. The summed E-state index contributed by atoms with van der Waals surface area (Å²) in [5.74, 6) is 0.978. The topological polar surface area (TPSA) is 33.2 Å². The average Bonchev–Trinajstić information content (AvgIpc) is 2.74. The molecular weight excluding hydrogens is 332 g/mol. The summed E-state index contributed by atoms with van der Waals surface area (Å²) in [5.41, 5.74) is 3.74. The Balaban J connectivity index is 1.50. The maximum absolute atomic E-state index is 13.5. The van der Waals surface area contributed by atoms with Crippen LogP contribution in [-0.2, 0) is 24.2 Å². The second-order valence-electron chi connectivity index (χ2n) is 7.90. The van der Waals surface area contributed by atoms with Crippen LogP contribution in [0.1, 0.15) is 42.5 Å². The van der Waals surface area contributed by atoms with E-state index in [9.17, 15) is 4.79 Å². The minimum atomic E-state index is 0.0998. The Labute approximate surface area is 162 Å². The molecule has 0 saturated carbocycles. The molecule has 0 N–H and O–H groups in total. The van der Waals surface area contributed by atoms with Crippen LogP contribution in [0, 0.1) is 11.8 Å². The van der Waals surface area contributed by atoms with Gasteiger partial charge in [0.15, 0.2) is 0 Å². The highest BCUT2D eigenvalue weighted by Gasteiger charge is 2.29. The number of hydrogen-bond donors (Lipinski definition) is 0. The number of allylic oxidation sites excluding steroid dienone is 2. The van der Waals surface area contributed by atoms with E-state index in [0.29, 0.717) is 18.4 Å². The predicted octanol–water partition coefficient (Wildman–Crippen LogP) is 4.57. The lowest BCUT2D eigenvalue weighted by Crippen LogP contribution is -2.41. The molecule has 1 aromatic heterocycles. The Bertz CT molecular complexity index is 799. The molecule has 0 fully saturated rings. The normalized spacial score (nSPS) is 21.5. The molecule has 0 radical (unpaired) electrons. The molecule has 0 saturated heterocycles. The molecule has 2 atom stereocenters. The quantitative estimate of drug-likeness (QED) is 0.732. The van der Waals surface area contributed by atoms with Crippen molar-refractivity contribution >= 4 is 5.91 Å². The Hall–Kier alpha value is -2.42. The highest BCUT2D eigenvalue weighted by Crippen LogP contribution is 2.28. The first-order chi connectivity index (χ1) is 13.3. The van der Waals surface area contributed by atoms with Gasteiger partial charge in [-0.25, -0.2) is 0 Å².